The van der Waals surface area contributed by atoms with Crippen LogP contribution in [0.4, 0.5) is 0 Å². The number of carboxylic acid groups (broad SMARTS) is 1. The van der Waals surface area contributed by atoms with Gasteiger partial charge in [0.25, 0.3) is 0 Å². The number of hydrogen-bond donors (Lipinski definition) is 2. The van der Waals surface area contributed by atoms with E-state index in [2.05, 4.69) is 6.92 Å². The monoisotopic (exact) mass is 594 g/mol. The van der Waals surface area contributed by atoms with Gasteiger partial charge in [-0.05, 0) is 53.6 Å². The Morgan fingerprint density at radius 3 is 1.84 bits per heavy atom. The lowest BCUT2D eigenvalue weighted by atomic mass is 9.80. The van der Waals surface area contributed by atoms with E-state index in [0.29, 0.717) is 18.6 Å². The highest BCUT2D eigenvalue weighted by Gasteiger charge is 2.40. The van der Waals surface area contributed by atoms with Crippen molar-refractivity contribution in [1.82, 2.24) is 0 Å². The minimum absolute atomic E-state index is 0.185. The Morgan fingerprint density at radius 2 is 1.32 bits per heavy atom. The first-order valence-electron chi connectivity index (χ1n) is 15.4. The maximum Gasteiger partial charge on any atom is 0.338 e. The molecule has 6 heteroatoms. The van der Waals surface area contributed by atoms with E-state index in [1.165, 1.54) is 0 Å². The summed E-state index contributed by atoms with van der Waals surface area (Å²) in [5.41, 5.74) is 2.73. The Kier molecular flexibility index (Phi) is 12.3. The van der Waals surface area contributed by atoms with Gasteiger partial charge in [0.2, 0.25) is 0 Å². The van der Waals surface area contributed by atoms with Crippen molar-refractivity contribution in [3.63, 3.8) is 0 Å². The van der Waals surface area contributed by atoms with Gasteiger partial charge in [0, 0.05) is 0 Å². The molecule has 0 fully saturated rings. The van der Waals surface area contributed by atoms with E-state index >= 15 is 0 Å². The van der Waals surface area contributed by atoms with Crippen LogP contribution in [0.1, 0.15) is 71.6 Å². The second-order valence-corrected chi connectivity index (χ2v) is 11.0. The third-order valence-corrected chi connectivity index (χ3v) is 7.92. The molecule has 0 radical (unpaired) electrons. The summed E-state index contributed by atoms with van der Waals surface area (Å²) < 4.78 is 12.1. The number of benzene rings is 4. The molecule has 0 amide bonds. The van der Waals surface area contributed by atoms with Crippen LogP contribution >= 0.6 is 0 Å². The zero-order valence-electron chi connectivity index (χ0n) is 25.3. The number of carbonyl (C=O) groups is 2. The van der Waals surface area contributed by atoms with Crippen molar-refractivity contribution < 1.29 is 29.3 Å². The van der Waals surface area contributed by atoms with Crippen molar-refractivity contribution in [1.29, 1.82) is 0 Å². The van der Waals surface area contributed by atoms with Crippen LogP contribution in [0.15, 0.2) is 115 Å². The normalized spacial score (nSPS) is 12.8. The highest BCUT2D eigenvalue weighted by molar-refractivity contribution is 5.89. The van der Waals surface area contributed by atoms with Crippen LogP contribution in [-0.2, 0) is 26.3 Å². The maximum atomic E-state index is 12.5. The third kappa shape index (κ3) is 8.43. The first-order valence-corrected chi connectivity index (χ1v) is 15.4. The standard InChI is InChI=1S/C38H42O6/c1-2-3-4-14-26-43-37(42)30-17-15-16-29(27-30)24-25-35(39)34(36(40)41)28-44-38(31-18-8-5-9-19-31,32-20-10-6-11-21-32)33-22-12-7-13-23-33/h5-13,15-23,27,34-35,39H,2-4,14,24-26,28H2,1H3,(H,40,41)/t34-,35-/m0/s1. The van der Waals surface area contributed by atoms with Crippen LogP contribution in [0, 0.1) is 5.92 Å². The molecule has 0 aromatic heterocycles. The van der Waals surface area contributed by atoms with Gasteiger partial charge in [0.05, 0.1) is 24.9 Å². The van der Waals surface area contributed by atoms with E-state index in [4.69, 9.17) is 9.47 Å². The van der Waals surface area contributed by atoms with E-state index in [-0.39, 0.29) is 19.0 Å². The van der Waals surface area contributed by atoms with Gasteiger partial charge in [0.1, 0.15) is 11.5 Å². The van der Waals surface area contributed by atoms with Gasteiger partial charge in [-0.1, -0.05) is 129 Å². The first-order chi connectivity index (χ1) is 21.5. The van der Waals surface area contributed by atoms with E-state index < -0.39 is 23.6 Å². The second kappa shape index (κ2) is 16.6. The number of aliphatic carboxylic acids is 1. The number of rotatable bonds is 17. The zero-order valence-corrected chi connectivity index (χ0v) is 25.3. The van der Waals surface area contributed by atoms with E-state index in [1.54, 1.807) is 18.2 Å². The number of hydrogen-bond acceptors (Lipinski definition) is 5. The van der Waals surface area contributed by atoms with Gasteiger partial charge in [-0.2, -0.15) is 0 Å². The minimum Gasteiger partial charge on any atom is -0.481 e. The fourth-order valence-electron chi connectivity index (χ4n) is 5.48. The molecular weight excluding hydrogens is 552 g/mol. The number of aliphatic hydroxyl groups excluding tert-OH is 1. The molecule has 0 aliphatic rings. The molecule has 0 bridgehead atoms. The Balaban J connectivity index is 1.50. The van der Waals surface area contributed by atoms with Gasteiger partial charge >= 0.3 is 11.9 Å². The summed E-state index contributed by atoms with van der Waals surface area (Å²) >= 11 is 0. The fraction of sp³-hybridized carbons (Fsp3) is 0.316. The Hall–Kier alpha value is -4.26. The number of carboxylic acids is 1. The molecule has 0 saturated carbocycles. The SMILES string of the molecule is CCCCCCOC(=O)c1cccc(CC[C@H](O)[C@H](COC(c2ccccc2)(c2ccccc2)c2ccccc2)C(=O)O)c1. The molecule has 6 nitrogen and oxygen atoms in total. The molecular formula is C38H42O6. The number of aliphatic hydroxyl groups is 1. The zero-order chi connectivity index (χ0) is 31.2. The van der Waals surface area contributed by atoms with Crippen LogP contribution < -0.4 is 0 Å². The van der Waals surface area contributed by atoms with Gasteiger partial charge in [-0.15, -0.1) is 0 Å². The molecule has 0 heterocycles. The van der Waals surface area contributed by atoms with Crippen molar-refractivity contribution in [3.05, 3.63) is 143 Å². The molecule has 4 aromatic carbocycles. The van der Waals surface area contributed by atoms with Crippen LogP contribution in [0.3, 0.4) is 0 Å². The summed E-state index contributed by atoms with van der Waals surface area (Å²) in [6.45, 7) is 2.30. The number of ether oxygens (including phenoxy) is 2. The van der Waals surface area contributed by atoms with Gasteiger partial charge < -0.3 is 19.7 Å². The summed E-state index contributed by atoms with van der Waals surface area (Å²) in [5.74, 6) is -2.69. The summed E-state index contributed by atoms with van der Waals surface area (Å²) in [7, 11) is 0. The smallest absolute Gasteiger partial charge is 0.338 e. The van der Waals surface area contributed by atoms with Crippen molar-refractivity contribution in [2.75, 3.05) is 13.2 Å². The maximum absolute atomic E-state index is 12.5. The molecule has 0 unspecified atom stereocenters. The summed E-state index contributed by atoms with van der Waals surface area (Å²) in [6, 6.07) is 36.3. The molecule has 2 atom stereocenters. The molecule has 4 aromatic rings. The van der Waals surface area contributed by atoms with Crippen LogP contribution in [0.5, 0.6) is 0 Å². The number of unbranched alkanes of at least 4 members (excludes halogenated alkanes) is 3. The van der Waals surface area contributed by atoms with Gasteiger partial charge in [-0.3, -0.25) is 4.79 Å². The lowest BCUT2D eigenvalue weighted by molar-refractivity contribution is -0.151. The lowest BCUT2D eigenvalue weighted by Crippen LogP contribution is -2.39. The molecule has 0 aliphatic carbocycles. The Bertz CT molecular complexity index is 1340. The van der Waals surface area contributed by atoms with Crippen molar-refractivity contribution in [2.45, 2.75) is 57.2 Å². The average molecular weight is 595 g/mol. The molecule has 0 aliphatic heterocycles. The predicted molar refractivity (Wildman–Crippen MR) is 171 cm³/mol. The Morgan fingerprint density at radius 1 is 0.750 bits per heavy atom. The van der Waals surface area contributed by atoms with Crippen molar-refractivity contribution >= 4 is 11.9 Å². The molecule has 4 rings (SSSR count). The minimum atomic E-state index is -1.18. The molecule has 2 N–H and O–H groups in total. The topological polar surface area (TPSA) is 93.1 Å². The molecule has 230 valence electrons. The quantitative estimate of drug-likeness (QED) is 0.0751. The van der Waals surface area contributed by atoms with Crippen LogP contribution in [-0.4, -0.2) is 41.5 Å². The fourth-order valence-corrected chi connectivity index (χ4v) is 5.48. The predicted octanol–water partition coefficient (Wildman–Crippen LogP) is 7.43. The lowest BCUT2D eigenvalue weighted by Gasteiger charge is -2.37. The van der Waals surface area contributed by atoms with Crippen LogP contribution in [0.25, 0.3) is 0 Å². The van der Waals surface area contributed by atoms with Gasteiger partial charge in [0.15, 0.2) is 0 Å². The van der Waals surface area contributed by atoms with E-state index in [1.807, 2.05) is 97.1 Å². The van der Waals surface area contributed by atoms with Crippen molar-refractivity contribution in [3.8, 4) is 0 Å². The van der Waals surface area contributed by atoms with Crippen molar-refractivity contribution in [2.24, 2.45) is 5.92 Å². The number of carbonyl (C=O) groups excluding carboxylic acids is 1. The van der Waals surface area contributed by atoms with Gasteiger partial charge in [-0.25, -0.2) is 4.79 Å². The van der Waals surface area contributed by atoms with E-state index in [0.717, 1.165) is 47.9 Å². The second-order valence-electron chi connectivity index (χ2n) is 11.0. The molecule has 0 saturated heterocycles. The summed E-state index contributed by atoms with van der Waals surface area (Å²) in [6.07, 6.45) is 3.49. The average Bonchev–Trinajstić information content (AvgIpc) is 3.07. The number of esters is 1. The summed E-state index contributed by atoms with van der Waals surface area (Å²) in [5, 5.41) is 21.4. The first kappa shape index (κ1) is 32.6. The van der Waals surface area contributed by atoms with E-state index in [9.17, 15) is 19.8 Å². The number of aryl methyl sites for hydroxylation is 1. The third-order valence-electron chi connectivity index (χ3n) is 7.92. The summed E-state index contributed by atoms with van der Waals surface area (Å²) in [4.78, 5) is 25.0. The molecule has 0 spiro atoms. The van der Waals surface area contributed by atoms with Crippen LogP contribution in [0.2, 0.25) is 0 Å². The highest BCUT2D eigenvalue weighted by Crippen LogP contribution is 2.41. The highest BCUT2D eigenvalue weighted by atomic mass is 16.5. The Labute approximate surface area is 260 Å². The molecule has 44 heavy (non-hydrogen) atoms. The largest absolute Gasteiger partial charge is 0.481 e.